The molecule has 0 aromatic carbocycles. The molecule has 6 unspecified atom stereocenters. The van der Waals surface area contributed by atoms with Gasteiger partial charge in [0.15, 0.2) is 24.6 Å². The minimum absolute atomic E-state index is 0.0279. The van der Waals surface area contributed by atoms with Crippen molar-refractivity contribution >= 4 is 23.9 Å². The highest BCUT2D eigenvalue weighted by molar-refractivity contribution is 5.74. The fourth-order valence-electron chi connectivity index (χ4n) is 8.74. The number of aliphatic hydroxyl groups is 2. The Bertz CT molecular complexity index is 1870. The van der Waals surface area contributed by atoms with Crippen LogP contribution in [0, 0.1) is 0 Å². The van der Waals surface area contributed by atoms with Gasteiger partial charge in [0.1, 0.15) is 18.8 Å². The van der Waals surface area contributed by atoms with E-state index in [2.05, 4.69) is 130 Å². The quantitative estimate of drug-likeness (QED) is 0.0228. The molecule has 1 saturated heterocycles. The zero-order chi connectivity index (χ0) is 58.9. The summed E-state index contributed by atoms with van der Waals surface area (Å²) in [5.41, 5.74) is 0. The molecule has 1 heterocycles. The van der Waals surface area contributed by atoms with Gasteiger partial charge in [0.05, 0.1) is 6.61 Å². The fourth-order valence-corrected chi connectivity index (χ4v) is 8.74. The molecule has 0 aliphatic carbocycles. The molecule has 0 bridgehead atoms. The van der Waals surface area contributed by atoms with Gasteiger partial charge in [-0.25, -0.2) is 4.79 Å². The average Bonchev–Trinajstić information content (AvgIpc) is 3.52. The van der Waals surface area contributed by atoms with Gasteiger partial charge in [0, 0.05) is 19.3 Å². The zero-order valence-corrected chi connectivity index (χ0v) is 50.5. The van der Waals surface area contributed by atoms with Crippen LogP contribution >= 0.6 is 0 Å². The van der Waals surface area contributed by atoms with Gasteiger partial charge in [-0.3, -0.25) is 14.4 Å². The van der Waals surface area contributed by atoms with E-state index in [1.165, 1.54) is 57.8 Å². The number of ether oxygens (including phenoxy) is 5. The highest BCUT2D eigenvalue weighted by Gasteiger charge is 2.50. The van der Waals surface area contributed by atoms with Crippen molar-refractivity contribution in [3.63, 3.8) is 0 Å². The van der Waals surface area contributed by atoms with Gasteiger partial charge in [-0.2, -0.15) is 0 Å². The Morgan fingerprint density at radius 2 is 0.790 bits per heavy atom. The van der Waals surface area contributed by atoms with Crippen molar-refractivity contribution < 1.29 is 58.2 Å². The Labute approximate surface area is 490 Å². The van der Waals surface area contributed by atoms with Crippen LogP contribution in [0.4, 0.5) is 0 Å². The predicted molar refractivity (Wildman–Crippen MR) is 330 cm³/mol. The maximum Gasteiger partial charge on any atom is 0.335 e. The molecule has 0 radical (unpaired) electrons. The molecule has 1 rings (SSSR count). The lowest BCUT2D eigenvalue weighted by Crippen LogP contribution is -2.61. The summed E-state index contributed by atoms with van der Waals surface area (Å²) < 4.78 is 28.4. The summed E-state index contributed by atoms with van der Waals surface area (Å²) in [6.45, 7) is 5.69. The van der Waals surface area contributed by atoms with Crippen molar-refractivity contribution in [2.24, 2.45) is 0 Å². The van der Waals surface area contributed by atoms with E-state index in [0.717, 1.165) is 116 Å². The van der Waals surface area contributed by atoms with Crippen molar-refractivity contribution in [2.45, 2.75) is 276 Å². The third-order valence-electron chi connectivity index (χ3n) is 13.5. The summed E-state index contributed by atoms with van der Waals surface area (Å²) >= 11 is 0. The number of hydrogen-bond acceptors (Lipinski definition) is 11. The van der Waals surface area contributed by atoms with Gasteiger partial charge in [0.25, 0.3) is 0 Å². The first-order valence-corrected chi connectivity index (χ1v) is 31.5. The third kappa shape index (κ3) is 45.3. The van der Waals surface area contributed by atoms with Crippen LogP contribution in [0.15, 0.2) is 122 Å². The first-order valence-electron chi connectivity index (χ1n) is 31.5. The van der Waals surface area contributed by atoms with Crippen molar-refractivity contribution in [1.29, 1.82) is 0 Å². The van der Waals surface area contributed by atoms with Crippen LogP contribution in [-0.4, -0.2) is 89.2 Å². The van der Waals surface area contributed by atoms with Crippen LogP contribution in [0.5, 0.6) is 0 Å². The number of rotatable bonds is 52. The number of unbranched alkanes of at least 4 members (excludes halogenated alkanes) is 18. The molecule has 1 aliphatic rings. The maximum atomic E-state index is 13.2. The van der Waals surface area contributed by atoms with Crippen LogP contribution in [0.2, 0.25) is 0 Å². The molecule has 1 aliphatic heterocycles. The number of aliphatic hydroxyl groups excluding tert-OH is 2. The number of allylic oxidation sites excluding steroid dienone is 20. The van der Waals surface area contributed by atoms with E-state index in [1.54, 1.807) is 0 Å². The van der Waals surface area contributed by atoms with Crippen molar-refractivity contribution in [1.82, 2.24) is 0 Å². The van der Waals surface area contributed by atoms with Crippen molar-refractivity contribution in [3.8, 4) is 0 Å². The molecular weight excluding hydrogens is 1020 g/mol. The normalized spacial score (nSPS) is 18.6. The summed E-state index contributed by atoms with van der Waals surface area (Å²) in [6, 6.07) is 0. The number of esters is 3. The number of carboxylic acid groups (broad SMARTS) is 1. The van der Waals surface area contributed by atoms with Crippen LogP contribution in [0.1, 0.15) is 239 Å². The van der Waals surface area contributed by atoms with Crippen LogP contribution in [0.25, 0.3) is 0 Å². The van der Waals surface area contributed by atoms with E-state index in [4.69, 9.17) is 23.7 Å². The van der Waals surface area contributed by atoms with E-state index in [1.807, 2.05) is 12.2 Å². The third-order valence-corrected chi connectivity index (χ3v) is 13.5. The molecule has 81 heavy (non-hydrogen) atoms. The Hall–Kier alpha value is -4.88. The zero-order valence-electron chi connectivity index (χ0n) is 50.5. The molecule has 0 amide bonds. The first-order chi connectivity index (χ1) is 39.6. The van der Waals surface area contributed by atoms with Crippen LogP contribution < -0.4 is 0 Å². The van der Waals surface area contributed by atoms with E-state index in [9.17, 15) is 34.5 Å². The summed E-state index contributed by atoms with van der Waals surface area (Å²) in [6.07, 6.45) is 64.5. The molecule has 12 nitrogen and oxygen atoms in total. The largest absolute Gasteiger partial charge is 0.479 e. The SMILES string of the molecule is CC/C=C\C/C=C\C/C=C\C/C=C\C/C=C\CCCC(=O)OC(COC(=O)CCCCCCCCCCC/C=C\C/C=C\CCCCC)COC1OC(C(=O)O)C(O)C(O)C1OC(=O)CCCCCCC/C=C\C/C=C\C/C=C\CC. The molecule has 458 valence electrons. The van der Waals surface area contributed by atoms with Gasteiger partial charge in [-0.15, -0.1) is 0 Å². The van der Waals surface area contributed by atoms with Crippen molar-refractivity contribution in [2.75, 3.05) is 13.2 Å². The Morgan fingerprint density at radius 1 is 0.420 bits per heavy atom. The van der Waals surface area contributed by atoms with E-state index in [-0.39, 0.29) is 25.9 Å². The minimum Gasteiger partial charge on any atom is -0.479 e. The number of carbonyl (C=O) groups is 4. The molecule has 6 atom stereocenters. The van der Waals surface area contributed by atoms with E-state index >= 15 is 0 Å². The topological polar surface area (TPSA) is 175 Å². The monoisotopic (exact) mass is 1130 g/mol. The smallest absolute Gasteiger partial charge is 0.335 e. The molecule has 0 saturated carbocycles. The fraction of sp³-hybridized carbons (Fsp3) is 0.652. The van der Waals surface area contributed by atoms with Crippen molar-refractivity contribution in [3.05, 3.63) is 122 Å². The molecule has 12 heteroatoms. The molecule has 0 aromatic rings. The second-order valence-corrected chi connectivity index (χ2v) is 20.9. The molecule has 0 aromatic heterocycles. The Morgan fingerprint density at radius 3 is 1.22 bits per heavy atom. The first kappa shape index (κ1) is 74.1. The van der Waals surface area contributed by atoms with Crippen LogP contribution in [-0.2, 0) is 42.9 Å². The number of carboxylic acids is 1. The second kappa shape index (κ2) is 55.6. The highest BCUT2D eigenvalue weighted by atomic mass is 16.7. The van der Waals surface area contributed by atoms with Gasteiger partial charge >= 0.3 is 23.9 Å². The standard InChI is InChI=1S/C69H110O12/c1-4-7-10-13-16-19-22-25-28-30-31-33-35-37-40-43-46-49-52-55-61(70)77-58-60(79-62(71)56-53-50-47-44-41-39-36-32-29-26-23-20-17-14-11-8-5-2)59-78-69-67(65(74)64(73)66(81-69)68(75)76)80-63(72)57-54-51-48-45-42-38-34-27-24-21-18-15-12-9-6-3/h8-9,11-12,16-21,25-29,34,36,39,44,47,60,64-67,69,73-74H,4-7,10,13-15,22-24,30-33,35,37-38,40-43,45-46,48-59H2,1-3H3,(H,75,76)/b11-8-,12-9-,19-16-,20-17-,21-18-,28-25-,29-26-,34-27-,39-36-,47-44-. The molecule has 0 spiro atoms. The van der Waals surface area contributed by atoms with Gasteiger partial charge in [-0.05, 0) is 122 Å². The van der Waals surface area contributed by atoms with Gasteiger partial charge < -0.3 is 39.0 Å². The number of hydrogen-bond donors (Lipinski definition) is 3. The minimum atomic E-state index is -1.93. The lowest BCUT2D eigenvalue weighted by atomic mass is 9.98. The Kier molecular flexibility index (Phi) is 50.9. The predicted octanol–water partition coefficient (Wildman–Crippen LogP) is 16.8. The van der Waals surface area contributed by atoms with Crippen LogP contribution in [0.3, 0.4) is 0 Å². The van der Waals surface area contributed by atoms with Gasteiger partial charge in [0.2, 0.25) is 0 Å². The van der Waals surface area contributed by atoms with Gasteiger partial charge in [-0.1, -0.05) is 219 Å². The summed E-state index contributed by atoms with van der Waals surface area (Å²) in [5, 5.41) is 31.5. The molecular formula is C69H110O12. The second-order valence-electron chi connectivity index (χ2n) is 20.9. The maximum absolute atomic E-state index is 13.2. The summed E-state index contributed by atoms with van der Waals surface area (Å²) in [4.78, 5) is 51.3. The lowest BCUT2D eigenvalue weighted by Gasteiger charge is -2.40. The summed E-state index contributed by atoms with van der Waals surface area (Å²) in [5.74, 6) is -3.24. The number of aliphatic carboxylic acids is 1. The highest BCUT2D eigenvalue weighted by Crippen LogP contribution is 2.26. The lowest BCUT2D eigenvalue weighted by molar-refractivity contribution is -0.301. The molecule has 1 fully saturated rings. The van der Waals surface area contributed by atoms with E-state index < -0.39 is 67.3 Å². The molecule has 3 N–H and O–H groups in total. The number of carbonyl (C=O) groups excluding carboxylic acids is 3. The average molecular weight is 1130 g/mol. The Balaban J connectivity index is 2.72. The van der Waals surface area contributed by atoms with E-state index in [0.29, 0.717) is 25.7 Å². The summed E-state index contributed by atoms with van der Waals surface area (Å²) in [7, 11) is 0.